The third-order valence-corrected chi connectivity index (χ3v) is 3.75. The molecule has 1 aromatic heterocycles. The van der Waals surface area contributed by atoms with Crippen molar-refractivity contribution in [2.24, 2.45) is 0 Å². The van der Waals surface area contributed by atoms with Gasteiger partial charge in [0, 0.05) is 31.1 Å². The zero-order valence-corrected chi connectivity index (χ0v) is 11.4. The quantitative estimate of drug-likeness (QED) is 0.819. The van der Waals surface area contributed by atoms with E-state index in [0.29, 0.717) is 11.8 Å². The smallest absolute Gasteiger partial charge is 0.133 e. The van der Waals surface area contributed by atoms with E-state index in [0.717, 1.165) is 50.2 Å². The lowest BCUT2D eigenvalue weighted by Crippen LogP contribution is -2.37. The highest BCUT2D eigenvalue weighted by atomic mass is 16.1. The Balaban J connectivity index is 1.98. The first kappa shape index (κ1) is 13.2. The highest BCUT2D eigenvalue weighted by Crippen LogP contribution is 2.21. The van der Waals surface area contributed by atoms with Crippen LogP contribution in [0.4, 0.5) is 0 Å². The molecule has 0 amide bonds. The van der Waals surface area contributed by atoms with Crippen molar-refractivity contribution in [3.63, 3.8) is 0 Å². The van der Waals surface area contributed by atoms with Gasteiger partial charge in [0.1, 0.15) is 5.78 Å². The molecule has 3 heteroatoms. The molecule has 1 aromatic rings. The first-order valence-corrected chi connectivity index (χ1v) is 6.87. The van der Waals surface area contributed by atoms with E-state index < -0.39 is 0 Å². The molecule has 1 heterocycles. The predicted octanol–water partition coefficient (Wildman–Crippen LogP) is 2.72. The molecule has 2 rings (SSSR count). The van der Waals surface area contributed by atoms with E-state index >= 15 is 0 Å². The molecule has 1 aliphatic rings. The van der Waals surface area contributed by atoms with Crippen molar-refractivity contribution in [3.05, 3.63) is 29.6 Å². The van der Waals surface area contributed by atoms with E-state index in [1.807, 2.05) is 13.0 Å². The maximum atomic E-state index is 11.3. The Morgan fingerprint density at radius 1 is 1.33 bits per heavy atom. The van der Waals surface area contributed by atoms with Crippen LogP contribution in [0.15, 0.2) is 18.2 Å². The van der Waals surface area contributed by atoms with E-state index in [9.17, 15) is 4.79 Å². The summed E-state index contributed by atoms with van der Waals surface area (Å²) >= 11 is 0. The Labute approximate surface area is 109 Å². The number of carbonyl (C=O) groups is 1. The molecule has 18 heavy (non-hydrogen) atoms. The van der Waals surface area contributed by atoms with Crippen molar-refractivity contribution < 1.29 is 4.79 Å². The van der Waals surface area contributed by atoms with E-state index in [2.05, 4.69) is 28.9 Å². The standard InChI is InChI=1S/C15H22N2O/c1-3-17(14-7-9-15(18)10-8-14)11-13-6-4-5-12(2)16-13/h4-6,14H,3,7-11H2,1-2H3. The molecule has 0 atom stereocenters. The van der Waals surface area contributed by atoms with Gasteiger partial charge in [-0.3, -0.25) is 14.7 Å². The Morgan fingerprint density at radius 3 is 2.67 bits per heavy atom. The van der Waals surface area contributed by atoms with Crippen LogP contribution in [0.5, 0.6) is 0 Å². The van der Waals surface area contributed by atoms with E-state index in [-0.39, 0.29) is 0 Å². The number of hydrogen-bond acceptors (Lipinski definition) is 3. The first-order valence-electron chi connectivity index (χ1n) is 6.87. The van der Waals surface area contributed by atoms with Gasteiger partial charge >= 0.3 is 0 Å². The Bertz CT molecular complexity index is 407. The lowest BCUT2D eigenvalue weighted by Gasteiger charge is -2.32. The van der Waals surface area contributed by atoms with Gasteiger partial charge in [0.05, 0.1) is 5.69 Å². The Hall–Kier alpha value is -1.22. The SMILES string of the molecule is CCN(Cc1cccc(C)n1)C1CCC(=O)CC1. The zero-order chi connectivity index (χ0) is 13.0. The summed E-state index contributed by atoms with van der Waals surface area (Å²) in [4.78, 5) is 18.3. The predicted molar refractivity (Wildman–Crippen MR) is 72.3 cm³/mol. The van der Waals surface area contributed by atoms with Crippen LogP contribution in [0.3, 0.4) is 0 Å². The number of nitrogens with zero attached hydrogens (tertiary/aromatic N) is 2. The summed E-state index contributed by atoms with van der Waals surface area (Å²) in [6.45, 7) is 6.14. The van der Waals surface area contributed by atoms with Gasteiger partial charge in [0.25, 0.3) is 0 Å². The number of carbonyl (C=O) groups excluding carboxylic acids is 1. The molecular weight excluding hydrogens is 224 g/mol. The largest absolute Gasteiger partial charge is 0.300 e. The molecule has 0 N–H and O–H groups in total. The average molecular weight is 246 g/mol. The number of pyridine rings is 1. The highest BCUT2D eigenvalue weighted by Gasteiger charge is 2.23. The van der Waals surface area contributed by atoms with Crippen LogP contribution in [0.25, 0.3) is 0 Å². The normalized spacial score (nSPS) is 17.4. The first-order chi connectivity index (χ1) is 8.69. The lowest BCUT2D eigenvalue weighted by molar-refractivity contribution is -0.121. The second-order valence-corrected chi connectivity index (χ2v) is 5.10. The van der Waals surface area contributed by atoms with Crippen LogP contribution in [0, 0.1) is 6.92 Å². The average Bonchev–Trinajstić information content (AvgIpc) is 2.37. The summed E-state index contributed by atoms with van der Waals surface area (Å²) < 4.78 is 0. The molecule has 0 saturated heterocycles. The minimum absolute atomic E-state index is 0.427. The molecule has 98 valence electrons. The Morgan fingerprint density at radius 2 is 2.06 bits per heavy atom. The molecule has 1 saturated carbocycles. The fraction of sp³-hybridized carbons (Fsp3) is 0.600. The maximum absolute atomic E-state index is 11.3. The summed E-state index contributed by atoms with van der Waals surface area (Å²) in [5, 5.41) is 0. The number of Topliss-reactive ketones (excluding diaryl/α,β-unsaturated/α-hetero) is 1. The lowest BCUT2D eigenvalue weighted by atomic mass is 9.93. The van der Waals surface area contributed by atoms with Crippen LogP contribution in [-0.2, 0) is 11.3 Å². The van der Waals surface area contributed by atoms with Gasteiger partial charge in [-0.15, -0.1) is 0 Å². The number of aryl methyl sites for hydroxylation is 1. The molecule has 0 aliphatic heterocycles. The van der Waals surface area contributed by atoms with Crippen LogP contribution in [-0.4, -0.2) is 28.3 Å². The second-order valence-electron chi connectivity index (χ2n) is 5.10. The number of hydrogen-bond donors (Lipinski definition) is 0. The number of rotatable bonds is 4. The summed E-state index contributed by atoms with van der Waals surface area (Å²) in [7, 11) is 0. The molecule has 0 spiro atoms. The fourth-order valence-corrected chi connectivity index (χ4v) is 2.68. The van der Waals surface area contributed by atoms with Gasteiger partial charge < -0.3 is 0 Å². The second kappa shape index (κ2) is 6.10. The van der Waals surface area contributed by atoms with Crippen LogP contribution in [0.1, 0.15) is 44.0 Å². The van der Waals surface area contributed by atoms with E-state index in [4.69, 9.17) is 0 Å². The molecule has 1 fully saturated rings. The molecular formula is C15H22N2O. The molecule has 0 unspecified atom stereocenters. The monoisotopic (exact) mass is 246 g/mol. The van der Waals surface area contributed by atoms with E-state index in [1.165, 1.54) is 0 Å². The molecule has 0 aromatic carbocycles. The van der Waals surface area contributed by atoms with Crippen molar-refractivity contribution in [3.8, 4) is 0 Å². The van der Waals surface area contributed by atoms with Crippen molar-refractivity contribution in [1.29, 1.82) is 0 Å². The minimum Gasteiger partial charge on any atom is -0.300 e. The number of aromatic nitrogens is 1. The van der Waals surface area contributed by atoms with Crippen LogP contribution >= 0.6 is 0 Å². The van der Waals surface area contributed by atoms with Crippen LogP contribution < -0.4 is 0 Å². The third kappa shape index (κ3) is 3.39. The topological polar surface area (TPSA) is 33.2 Å². The van der Waals surface area contributed by atoms with Gasteiger partial charge in [0.15, 0.2) is 0 Å². The van der Waals surface area contributed by atoms with Gasteiger partial charge in [-0.05, 0) is 38.4 Å². The summed E-state index contributed by atoms with van der Waals surface area (Å²) in [6.07, 6.45) is 3.53. The van der Waals surface area contributed by atoms with Crippen molar-refractivity contribution in [1.82, 2.24) is 9.88 Å². The number of ketones is 1. The third-order valence-electron chi connectivity index (χ3n) is 3.75. The van der Waals surface area contributed by atoms with Crippen molar-refractivity contribution in [2.75, 3.05) is 6.54 Å². The molecule has 3 nitrogen and oxygen atoms in total. The molecule has 1 aliphatic carbocycles. The Kier molecular flexibility index (Phi) is 4.48. The zero-order valence-electron chi connectivity index (χ0n) is 11.4. The summed E-state index contributed by atoms with van der Waals surface area (Å²) in [5.74, 6) is 0.427. The van der Waals surface area contributed by atoms with E-state index in [1.54, 1.807) is 0 Å². The highest BCUT2D eigenvalue weighted by molar-refractivity contribution is 5.79. The van der Waals surface area contributed by atoms with Gasteiger partial charge in [-0.2, -0.15) is 0 Å². The molecule has 0 radical (unpaired) electrons. The van der Waals surface area contributed by atoms with Gasteiger partial charge in [0.2, 0.25) is 0 Å². The van der Waals surface area contributed by atoms with Crippen LogP contribution in [0.2, 0.25) is 0 Å². The van der Waals surface area contributed by atoms with Gasteiger partial charge in [-0.1, -0.05) is 13.0 Å². The minimum atomic E-state index is 0.427. The molecule has 0 bridgehead atoms. The summed E-state index contributed by atoms with van der Waals surface area (Å²) in [5.41, 5.74) is 2.20. The maximum Gasteiger partial charge on any atom is 0.133 e. The summed E-state index contributed by atoms with van der Waals surface area (Å²) in [6, 6.07) is 6.73. The fourth-order valence-electron chi connectivity index (χ4n) is 2.68. The van der Waals surface area contributed by atoms with Crippen molar-refractivity contribution >= 4 is 5.78 Å². The van der Waals surface area contributed by atoms with Crippen molar-refractivity contribution in [2.45, 2.75) is 52.1 Å². The van der Waals surface area contributed by atoms with Gasteiger partial charge in [-0.25, -0.2) is 0 Å².